The summed E-state index contributed by atoms with van der Waals surface area (Å²) in [6.45, 7) is 13.0. The van der Waals surface area contributed by atoms with E-state index in [1.54, 1.807) is 12.3 Å². The number of benzene rings is 2. The molecule has 7 amide bonds. The van der Waals surface area contributed by atoms with Gasteiger partial charge in [0.2, 0.25) is 41.4 Å². The largest absolute Gasteiger partial charge is 0.508 e. The number of nitrogens with two attached hydrogens (primary N) is 3. The molecule has 0 bridgehead atoms. The normalized spacial score (nSPS) is 15.4. The van der Waals surface area contributed by atoms with Gasteiger partial charge in [0, 0.05) is 130 Å². The van der Waals surface area contributed by atoms with Gasteiger partial charge in [-0.25, -0.2) is 4.98 Å². The molecule has 6 rings (SSSR count). The molecule has 2 aliphatic rings. The van der Waals surface area contributed by atoms with Crippen molar-refractivity contribution < 1.29 is 125 Å². The van der Waals surface area contributed by atoms with Crippen LogP contribution < -0.4 is 43.8 Å². The number of H-pyrrole nitrogens is 2. The second kappa shape index (κ2) is 66.2. The van der Waals surface area contributed by atoms with Crippen molar-refractivity contribution in [2.75, 3.05) is 191 Å². The standard InChI is InChI=1S/C91H141N13O26S/c1-63(2)51-75(82(110)56-66(10-7-24-97-91(93)94)90(118)104-25-8-13-78(104)79(107)19-20-84(92)112)101-87(115)65(9-5-6-23-96-85(113)22-26-119-27-28-120-29-30-121-31-32-122-33-34-123-35-36-124-37-38-125-39-40-126-41-42-127-43-44-128-45-46-129-47-48-130-49-50-131)55-81(109)76(52-64-14-16-71(106)17-15-64)102-89(117)69(61-105)58-83(111)77(54-68-59-98-73-12-4-3-11-72(68)73)103-88(116)67(53-70-60-95-62-99-70)57-80(108)74-18-21-86(114)100-74/h3-4,11-12,14-17,59-60,62-63,65-67,69,74-78,98,105-106,131H,5-10,13,18-58,61H2,1-2H3,(H2,92,112)(H,95,99)(H,96,113)(H,100,114)(H,101,115)(H,102,117)(H,103,116)(H4,93,94,97)/t65-,66+,67+,69-,74-,75-,76-,77-,78+/m0/s1. The molecule has 732 valence electrons. The monoisotopic (exact) mass is 1860 g/mol. The first-order valence-electron chi connectivity index (χ1n) is 45.6. The van der Waals surface area contributed by atoms with Gasteiger partial charge in [-0.05, 0) is 93.0 Å². The molecule has 9 atom stereocenters. The fourth-order valence-corrected chi connectivity index (χ4v) is 15.0. The van der Waals surface area contributed by atoms with Crippen molar-refractivity contribution in [2.24, 2.45) is 51.8 Å². The number of phenols is 1. The molecule has 131 heavy (non-hydrogen) atoms. The van der Waals surface area contributed by atoms with E-state index in [-0.39, 0.29) is 177 Å². The molecule has 40 heteroatoms. The fourth-order valence-electron chi connectivity index (χ4n) is 14.8. The number of likely N-dealkylation sites (tertiary alicyclic amines) is 1. The molecule has 2 aromatic carbocycles. The van der Waals surface area contributed by atoms with E-state index < -0.39 is 120 Å². The highest BCUT2D eigenvalue weighted by Gasteiger charge is 2.41. The molecule has 2 fully saturated rings. The molecular weight excluding hydrogens is 1720 g/mol. The number of rotatable bonds is 79. The van der Waals surface area contributed by atoms with Gasteiger partial charge in [0.05, 0.1) is 214 Å². The van der Waals surface area contributed by atoms with E-state index in [1.165, 1.54) is 41.7 Å². The van der Waals surface area contributed by atoms with E-state index >= 15 is 9.59 Å². The lowest BCUT2D eigenvalue weighted by Crippen LogP contribution is -2.50. The van der Waals surface area contributed by atoms with Crippen molar-refractivity contribution in [3.8, 4) is 5.75 Å². The number of unbranched alkanes of at least 4 members (excludes halogenated alkanes) is 1. The lowest BCUT2D eigenvalue weighted by Gasteiger charge is -2.29. The maximum absolute atomic E-state index is 15.3. The van der Waals surface area contributed by atoms with Crippen LogP contribution >= 0.6 is 12.6 Å². The van der Waals surface area contributed by atoms with E-state index in [1.807, 2.05) is 32.0 Å². The number of carbonyl (C=O) groups excluding carboxylic acids is 12. The Bertz CT molecular complexity index is 4050. The Hall–Kier alpha value is -9.27. The lowest BCUT2D eigenvalue weighted by atomic mass is 9.87. The van der Waals surface area contributed by atoms with Crippen molar-refractivity contribution in [1.29, 1.82) is 0 Å². The van der Waals surface area contributed by atoms with E-state index in [4.69, 9.17) is 74.0 Å². The summed E-state index contributed by atoms with van der Waals surface area (Å²) in [5.74, 6) is -11.4. The number of ether oxygens (including phenoxy) is 12. The molecule has 39 nitrogen and oxygen atoms in total. The zero-order valence-electron chi connectivity index (χ0n) is 76.0. The number of aliphatic hydroxyl groups is 1. The number of aromatic amines is 2. The van der Waals surface area contributed by atoms with E-state index in [0.717, 1.165) is 10.9 Å². The number of para-hydroxylation sites is 1. The van der Waals surface area contributed by atoms with Crippen LogP contribution in [0.4, 0.5) is 0 Å². The maximum atomic E-state index is 15.3. The van der Waals surface area contributed by atoms with Crippen molar-refractivity contribution >= 4 is 99.8 Å². The smallest absolute Gasteiger partial charge is 0.226 e. The molecule has 0 saturated carbocycles. The molecule has 15 N–H and O–H groups in total. The van der Waals surface area contributed by atoms with Crippen LogP contribution in [0.2, 0.25) is 0 Å². The van der Waals surface area contributed by atoms with E-state index in [2.05, 4.69) is 59.2 Å². The summed E-state index contributed by atoms with van der Waals surface area (Å²) in [6.07, 6.45) is 4.18. The van der Waals surface area contributed by atoms with Gasteiger partial charge in [-0.3, -0.25) is 62.5 Å². The van der Waals surface area contributed by atoms with Crippen molar-refractivity contribution in [1.82, 2.24) is 46.4 Å². The number of carbonyl (C=O) groups is 12. The number of phenolic OH excluding ortho intramolecular Hbond substituents is 1. The number of aliphatic hydroxyl groups excluding tert-OH is 1. The molecule has 2 aromatic heterocycles. The molecule has 0 radical (unpaired) electrons. The number of nitrogens with one attached hydrogen (secondary N) is 7. The first-order chi connectivity index (χ1) is 63.4. The van der Waals surface area contributed by atoms with Crippen LogP contribution in [-0.4, -0.2) is 327 Å². The number of guanidine groups is 1. The Morgan fingerprint density at radius 1 is 0.550 bits per heavy atom. The summed E-state index contributed by atoms with van der Waals surface area (Å²) in [4.78, 5) is 185. The van der Waals surface area contributed by atoms with Crippen LogP contribution in [-0.2, 0) is 134 Å². The molecular formula is C91H141N13O26S. The van der Waals surface area contributed by atoms with Crippen LogP contribution in [0.15, 0.2) is 72.2 Å². The van der Waals surface area contributed by atoms with Crippen LogP contribution in [0, 0.1) is 29.6 Å². The number of imidazole rings is 1. The van der Waals surface area contributed by atoms with E-state index in [0.29, 0.717) is 181 Å². The SMILES string of the molecule is CC(C)C[C@H](NC(=O)[C@@H](CCCCNC(=O)CCOCCOCCOCCOCCOCCOCCOCCOCCOCCOCCOCCOCCS)CC(=O)[C@H](Cc1ccc(O)cc1)NC(=O)[C@H](CO)CC(=O)[C@H](Cc1c[nH]c2ccccc12)NC(=O)[C@@H](CC(=O)[C@@H]1CCC(=O)N1)Cc1cnc[nH]1)C(=O)C[C@@H](CCCN=C(N)N)C(=O)N1CCC[C@@H]1C(=O)CCC(N)=O. The summed E-state index contributed by atoms with van der Waals surface area (Å²) in [5, 5.41) is 36.2. The fraction of sp³-hybridized carbons (Fsp3) is 0.670. The topological polar surface area (TPSA) is 554 Å². The number of amides is 7. The number of ketones is 5. The third-order valence-corrected chi connectivity index (χ3v) is 22.0. The summed E-state index contributed by atoms with van der Waals surface area (Å²) in [5.41, 5.74) is 19.0. The predicted molar refractivity (Wildman–Crippen MR) is 485 cm³/mol. The first kappa shape index (κ1) is 110. The summed E-state index contributed by atoms with van der Waals surface area (Å²) in [7, 11) is 0. The van der Waals surface area contributed by atoms with Gasteiger partial charge in [-0.2, -0.15) is 12.6 Å². The van der Waals surface area contributed by atoms with Crippen LogP contribution in [0.5, 0.6) is 5.75 Å². The van der Waals surface area contributed by atoms with Gasteiger partial charge in [-0.15, -0.1) is 0 Å². The number of thiol groups is 1. The van der Waals surface area contributed by atoms with Crippen molar-refractivity contribution in [3.63, 3.8) is 0 Å². The molecule has 4 aromatic rings. The number of hydrogen-bond donors (Lipinski definition) is 13. The Labute approximate surface area is 771 Å². The summed E-state index contributed by atoms with van der Waals surface area (Å²) < 4.78 is 66.3. The predicted octanol–water partition coefficient (Wildman–Crippen LogP) is 2.38. The quantitative estimate of drug-likeness (QED) is 0.0131. The average molecular weight is 1870 g/mol. The number of hydrogen-bond acceptors (Lipinski definition) is 29. The molecule has 0 spiro atoms. The van der Waals surface area contributed by atoms with Crippen molar-refractivity contribution in [2.45, 2.75) is 172 Å². The second-order valence-electron chi connectivity index (χ2n) is 32.6. The van der Waals surface area contributed by atoms with Crippen LogP contribution in [0.1, 0.15) is 140 Å². The number of aromatic nitrogens is 3. The van der Waals surface area contributed by atoms with Gasteiger partial charge in [0.25, 0.3) is 0 Å². The van der Waals surface area contributed by atoms with Gasteiger partial charge in [-0.1, -0.05) is 50.6 Å². The van der Waals surface area contributed by atoms with Gasteiger partial charge >= 0.3 is 0 Å². The Morgan fingerprint density at radius 3 is 1.57 bits per heavy atom. The lowest BCUT2D eigenvalue weighted by molar-refractivity contribution is -0.143. The molecule has 0 aliphatic carbocycles. The highest BCUT2D eigenvalue weighted by atomic mass is 32.1. The molecule has 4 heterocycles. The minimum absolute atomic E-state index is 0.00339. The third-order valence-electron chi connectivity index (χ3n) is 21.8. The highest BCUT2D eigenvalue weighted by molar-refractivity contribution is 7.80. The van der Waals surface area contributed by atoms with Crippen molar-refractivity contribution in [3.05, 3.63) is 84.1 Å². The van der Waals surface area contributed by atoms with Gasteiger partial charge in [0.15, 0.2) is 34.9 Å². The molecule has 2 aliphatic heterocycles. The minimum atomic E-state index is -1.54. The number of aromatic hydroxyl groups is 1. The zero-order chi connectivity index (χ0) is 94.6. The minimum Gasteiger partial charge on any atom is -0.508 e. The third kappa shape index (κ3) is 46.3. The number of primary amides is 1. The number of fused-ring (bicyclic) bond motifs is 1. The Kier molecular flexibility index (Phi) is 55.8. The van der Waals surface area contributed by atoms with Gasteiger partial charge in [0.1, 0.15) is 5.75 Å². The number of aliphatic imine (C=N–C) groups is 1. The number of Topliss-reactive ketones (excluding diaryl/α,β-unsaturated/α-hetero) is 5. The second-order valence-corrected chi connectivity index (χ2v) is 33.0. The zero-order valence-corrected chi connectivity index (χ0v) is 76.9. The molecule has 0 unspecified atom stereocenters. The summed E-state index contributed by atoms with van der Waals surface area (Å²) >= 11 is 4.08. The van der Waals surface area contributed by atoms with Gasteiger partial charge < -0.3 is 126 Å². The highest BCUT2D eigenvalue weighted by Crippen LogP contribution is 2.29. The maximum Gasteiger partial charge on any atom is 0.226 e. The Balaban J connectivity index is 1.02. The van der Waals surface area contributed by atoms with E-state index in [9.17, 15) is 58.2 Å². The first-order valence-corrected chi connectivity index (χ1v) is 46.3. The summed E-state index contributed by atoms with van der Waals surface area (Å²) in [6, 6.07) is 7.36. The van der Waals surface area contributed by atoms with Crippen LogP contribution in [0.25, 0.3) is 10.9 Å². The van der Waals surface area contributed by atoms with Crippen LogP contribution in [0.3, 0.4) is 0 Å². The molecule has 2 saturated heterocycles. The average Bonchev–Trinajstić information content (AvgIpc) is 1.72. The Morgan fingerprint density at radius 2 is 1.05 bits per heavy atom. The number of nitrogens with zero attached hydrogens (tertiary/aromatic N) is 3.